The summed E-state index contributed by atoms with van der Waals surface area (Å²) in [6.07, 6.45) is -1.83. The molecular weight excluding hydrogens is 268 g/mol. The first-order valence-corrected chi connectivity index (χ1v) is 5.88. The lowest BCUT2D eigenvalue weighted by molar-refractivity contribution is 0.0139. The number of hydrogen-bond acceptors (Lipinski definition) is 3. The van der Waals surface area contributed by atoms with Crippen molar-refractivity contribution in [3.05, 3.63) is 33.6 Å². The molecule has 0 saturated carbocycles. The van der Waals surface area contributed by atoms with Crippen LogP contribution < -0.4 is 5.32 Å². The summed E-state index contributed by atoms with van der Waals surface area (Å²) in [5, 5.41) is 22.1. The number of aliphatic hydroxyl groups is 2. The van der Waals surface area contributed by atoms with Gasteiger partial charge in [0, 0.05) is 0 Å². The minimum atomic E-state index is -1.19. The van der Waals surface area contributed by atoms with Crippen molar-refractivity contribution in [3.8, 4) is 0 Å². The fourth-order valence-electron chi connectivity index (χ4n) is 1.42. The standard InChI is InChI=1S/C11H14Cl2FNO2/c1-15-3-2-9(16)11(17)6-4-7(12)10(13)8(14)5-6/h4-5,9,11,15-17H,2-3H2,1H3. The van der Waals surface area contributed by atoms with Crippen LogP contribution in [0.2, 0.25) is 10.0 Å². The van der Waals surface area contributed by atoms with Gasteiger partial charge in [0.05, 0.1) is 16.1 Å². The molecule has 0 bridgehead atoms. The van der Waals surface area contributed by atoms with Gasteiger partial charge in [0.1, 0.15) is 11.9 Å². The molecule has 1 aromatic carbocycles. The quantitative estimate of drug-likeness (QED) is 0.725. The predicted octanol–water partition coefficient (Wildman–Crippen LogP) is 2.14. The highest BCUT2D eigenvalue weighted by Crippen LogP contribution is 2.30. The zero-order valence-corrected chi connectivity index (χ0v) is 10.8. The van der Waals surface area contributed by atoms with E-state index in [4.69, 9.17) is 23.2 Å². The lowest BCUT2D eigenvalue weighted by Crippen LogP contribution is -2.23. The van der Waals surface area contributed by atoms with Gasteiger partial charge in [0.25, 0.3) is 0 Å². The van der Waals surface area contributed by atoms with Crippen LogP contribution in [0.3, 0.4) is 0 Å². The van der Waals surface area contributed by atoms with Crippen molar-refractivity contribution < 1.29 is 14.6 Å². The monoisotopic (exact) mass is 281 g/mol. The van der Waals surface area contributed by atoms with Gasteiger partial charge in [-0.3, -0.25) is 0 Å². The van der Waals surface area contributed by atoms with E-state index in [1.54, 1.807) is 7.05 Å². The molecule has 2 atom stereocenters. The van der Waals surface area contributed by atoms with E-state index in [1.807, 2.05) is 0 Å². The number of hydrogen-bond donors (Lipinski definition) is 3. The summed E-state index contributed by atoms with van der Waals surface area (Å²) in [6.45, 7) is 0.544. The molecule has 0 spiro atoms. The van der Waals surface area contributed by atoms with Crippen LogP contribution in [0.25, 0.3) is 0 Å². The lowest BCUT2D eigenvalue weighted by Gasteiger charge is -2.18. The van der Waals surface area contributed by atoms with Crippen LogP contribution in [0.1, 0.15) is 18.1 Å². The maximum absolute atomic E-state index is 13.3. The zero-order chi connectivity index (χ0) is 13.0. The van der Waals surface area contributed by atoms with Crippen LogP contribution in [0, 0.1) is 5.82 Å². The molecule has 0 saturated heterocycles. The summed E-state index contributed by atoms with van der Waals surface area (Å²) in [6, 6.07) is 2.42. The smallest absolute Gasteiger partial charge is 0.143 e. The molecule has 0 aliphatic carbocycles. The van der Waals surface area contributed by atoms with Crippen LogP contribution in [0.4, 0.5) is 4.39 Å². The normalized spacial score (nSPS) is 14.7. The molecule has 0 aromatic heterocycles. The van der Waals surface area contributed by atoms with Crippen LogP contribution in [0.15, 0.2) is 12.1 Å². The third-order valence-electron chi connectivity index (χ3n) is 2.40. The van der Waals surface area contributed by atoms with Gasteiger partial charge >= 0.3 is 0 Å². The molecule has 0 radical (unpaired) electrons. The number of nitrogens with one attached hydrogen (secondary N) is 1. The first-order chi connectivity index (χ1) is 7.97. The van der Waals surface area contributed by atoms with Gasteiger partial charge in [0.15, 0.2) is 0 Å². The highest BCUT2D eigenvalue weighted by Gasteiger charge is 2.20. The van der Waals surface area contributed by atoms with E-state index in [-0.39, 0.29) is 15.6 Å². The average Bonchev–Trinajstić information content (AvgIpc) is 2.31. The Kier molecular flexibility index (Phi) is 5.62. The number of halogens is 3. The Balaban J connectivity index is 2.85. The third-order valence-corrected chi connectivity index (χ3v) is 3.18. The van der Waals surface area contributed by atoms with Gasteiger partial charge < -0.3 is 15.5 Å². The van der Waals surface area contributed by atoms with Gasteiger partial charge in [0.2, 0.25) is 0 Å². The van der Waals surface area contributed by atoms with Gasteiger partial charge in [-0.2, -0.15) is 0 Å². The second-order valence-electron chi connectivity index (χ2n) is 3.70. The molecule has 1 aromatic rings. The van der Waals surface area contributed by atoms with Gasteiger partial charge in [-0.25, -0.2) is 4.39 Å². The predicted molar refractivity (Wildman–Crippen MR) is 65.9 cm³/mol. The van der Waals surface area contributed by atoms with Crippen molar-refractivity contribution in [2.24, 2.45) is 0 Å². The molecule has 3 N–H and O–H groups in total. The van der Waals surface area contributed by atoms with Crippen molar-refractivity contribution in [3.63, 3.8) is 0 Å². The Labute approximate surface area is 109 Å². The first kappa shape index (κ1) is 14.7. The van der Waals surface area contributed by atoms with Crippen molar-refractivity contribution in [2.75, 3.05) is 13.6 Å². The molecule has 96 valence electrons. The second-order valence-corrected chi connectivity index (χ2v) is 4.49. The number of aliphatic hydroxyl groups excluding tert-OH is 2. The Morgan fingerprint density at radius 1 is 1.35 bits per heavy atom. The molecule has 0 aliphatic heterocycles. The fraction of sp³-hybridized carbons (Fsp3) is 0.455. The largest absolute Gasteiger partial charge is 0.390 e. The van der Waals surface area contributed by atoms with E-state index < -0.39 is 18.0 Å². The van der Waals surface area contributed by atoms with Gasteiger partial charge in [-0.1, -0.05) is 23.2 Å². The minimum Gasteiger partial charge on any atom is -0.390 e. The summed E-state index contributed by atoms with van der Waals surface area (Å²) >= 11 is 11.3. The topological polar surface area (TPSA) is 52.5 Å². The zero-order valence-electron chi connectivity index (χ0n) is 9.25. The van der Waals surface area contributed by atoms with Gasteiger partial charge in [-0.15, -0.1) is 0 Å². The van der Waals surface area contributed by atoms with E-state index in [2.05, 4.69) is 5.32 Å². The van der Waals surface area contributed by atoms with Crippen molar-refractivity contribution in [2.45, 2.75) is 18.6 Å². The minimum absolute atomic E-state index is 0.0153. The molecule has 3 nitrogen and oxygen atoms in total. The maximum atomic E-state index is 13.3. The van der Waals surface area contributed by atoms with E-state index in [1.165, 1.54) is 6.07 Å². The van der Waals surface area contributed by atoms with Crippen LogP contribution >= 0.6 is 23.2 Å². The number of benzene rings is 1. The third kappa shape index (κ3) is 3.79. The van der Waals surface area contributed by atoms with E-state index >= 15 is 0 Å². The molecule has 17 heavy (non-hydrogen) atoms. The molecule has 0 amide bonds. The van der Waals surface area contributed by atoms with Crippen LogP contribution in [-0.4, -0.2) is 29.9 Å². The second kappa shape index (κ2) is 6.52. The summed E-state index contributed by atoms with van der Waals surface area (Å²) < 4.78 is 13.3. The Hall–Kier alpha value is -0.390. The highest BCUT2D eigenvalue weighted by molar-refractivity contribution is 6.42. The molecule has 2 unspecified atom stereocenters. The summed E-state index contributed by atoms with van der Waals surface area (Å²) in [5.41, 5.74) is 0.209. The van der Waals surface area contributed by atoms with Crippen LogP contribution in [-0.2, 0) is 0 Å². The SMILES string of the molecule is CNCCC(O)C(O)c1cc(F)c(Cl)c(Cl)c1. The maximum Gasteiger partial charge on any atom is 0.143 e. The van der Waals surface area contributed by atoms with Crippen molar-refractivity contribution >= 4 is 23.2 Å². The molecular formula is C11H14Cl2FNO2. The first-order valence-electron chi connectivity index (χ1n) is 5.12. The van der Waals surface area contributed by atoms with E-state index in [0.29, 0.717) is 13.0 Å². The van der Waals surface area contributed by atoms with Crippen molar-refractivity contribution in [1.82, 2.24) is 5.32 Å². The Morgan fingerprint density at radius 3 is 2.53 bits per heavy atom. The fourth-order valence-corrected chi connectivity index (χ4v) is 1.74. The molecule has 1 rings (SSSR count). The molecule has 0 aliphatic rings. The van der Waals surface area contributed by atoms with Crippen molar-refractivity contribution in [1.29, 1.82) is 0 Å². The highest BCUT2D eigenvalue weighted by atomic mass is 35.5. The summed E-state index contributed by atoms with van der Waals surface area (Å²) in [5.74, 6) is -0.714. The average molecular weight is 282 g/mol. The van der Waals surface area contributed by atoms with Gasteiger partial charge in [-0.05, 0) is 37.7 Å². The Bertz CT molecular complexity index is 367. The molecule has 0 fully saturated rings. The summed E-state index contributed by atoms with van der Waals surface area (Å²) in [4.78, 5) is 0. The molecule has 0 heterocycles. The number of rotatable bonds is 5. The molecule has 6 heteroatoms. The Morgan fingerprint density at radius 2 is 2.00 bits per heavy atom. The van der Waals surface area contributed by atoms with E-state index in [9.17, 15) is 14.6 Å². The lowest BCUT2D eigenvalue weighted by atomic mass is 10.0. The van der Waals surface area contributed by atoms with Crippen LogP contribution in [0.5, 0.6) is 0 Å². The summed E-state index contributed by atoms with van der Waals surface area (Å²) in [7, 11) is 1.73. The van der Waals surface area contributed by atoms with E-state index in [0.717, 1.165) is 6.07 Å².